The van der Waals surface area contributed by atoms with Crippen LogP contribution < -0.4 is 16.4 Å². The van der Waals surface area contributed by atoms with Crippen LogP contribution in [0.25, 0.3) is 0 Å². The van der Waals surface area contributed by atoms with Crippen molar-refractivity contribution in [2.24, 2.45) is 5.73 Å². The van der Waals surface area contributed by atoms with Crippen LogP contribution in [0.2, 0.25) is 0 Å². The number of nitrogens with zero attached hydrogens (tertiary/aromatic N) is 3. The number of hydrogen-bond acceptors (Lipinski definition) is 7. The van der Waals surface area contributed by atoms with Crippen LogP contribution in [0, 0.1) is 0 Å². The van der Waals surface area contributed by atoms with E-state index in [2.05, 4.69) is 22.2 Å². The molecule has 0 saturated carbocycles. The van der Waals surface area contributed by atoms with E-state index in [9.17, 15) is 9.90 Å². The molecule has 1 saturated heterocycles. The highest BCUT2D eigenvalue weighted by molar-refractivity contribution is 5.83. The van der Waals surface area contributed by atoms with Crippen LogP contribution in [0.3, 0.4) is 0 Å². The largest absolute Gasteiger partial charge is 0.388 e. The molecule has 3 heterocycles. The Labute approximate surface area is 282 Å². The number of anilines is 2. The van der Waals surface area contributed by atoms with Gasteiger partial charge in [-0.1, -0.05) is 97.6 Å². The minimum absolute atomic E-state index is 0.0755. The number of nitrogens with one attached hydrogen (secondary N) is 2. The van der Waals surface area contributed by atoms with Crippen molar-refractivity contribution in [2.45, 2.75) is 49.4 Å². The predicted octanol–water partition coefficient (Wildman–Crippen LogP) is 6.63. The monoisotopic (exact) mass is 638 g/mol. The first-order valence-corrected chi connectivity index (χ1v) is 16.5. The molecule has 5 aromatic rings. The van der Waals surface area contributed by atoms with Crippen molar-refractivity contribution in [3.63, 3.8) is 0 Å². The Morgan fingerprint density at radius 2 is 1.54 bits per heavy atom. The first-order valence-electron chi connectivity index (χ1n) is 16.5. The summed E-state index contributed by atoms with van der Waals surface area (Å²) >= 11 is 0. The van der Waals surface area contributed by atoms with Crippen LogP contribution >= 0.6 is 0 Å². The number of likely N-dealkylation sites (tertiary alicyclic amines) is 1. The van der Waals surface area contributed by atoms with E-state index in [0.29, 0.717) is 18.8 Å². The highest BCUT2D eigenvalue weighted by atomic mass is 16.3. The summed E-state index contributed by atoms with van der Waals surface area (Å²) in [6, 6.07) is 37.6. The minimum atomic E-state index is -0.896. The average molecular weight is 639 g/mol. The summed E-state index contributed by atoms with van der Waals surface area (Å²) in [4.78, 5) is 24.8. The summed E-state index contributed by atoms with van der Waals surface area (Å²) in [5.74, 6) is 0.0816. The van der Waals surface area contributed by atoms with Crippen LogP contribution in [-0.2, 0) is 11.2 Å². The zero-order chi connectivity index (χ0) is 33.3. The number of nitrogens with two attached hydrogens (primary N) is 1. The Kier molecular flexibility index (Phi) is 10.5. The highest BCUT2D eigenvalue weighted by Gasteiger charge is 2.36. The molecule has 1 aliphatic rings. The van der Waals surface area contributed by atoms with E-state index in [0.717, 1.165) is 46.6 Å². The lowest BCUT2D eigenvalue weighted by Crippen LogP contribution is -2.48. The number of rotatable bonds is 13. The molecule has 1 amide bonds. The molecule has 3 unspecified atom stereocenters. The Morgan fingerprint density at radius 3 is 2.25 bits per heavy atom. The fourth-order valence-corrected chi connectivity index (χ4v) is 6.61. The molecule has 5 atom stereocenters. The lowest BCUT2D eigenvalue weighted by Gasteiger charge is -2.34. The third kappa shape index (κ3) is 7.62. The van der Waals surface area contributed by atoms with Gasteiger partial charge >= 0.3 is 0 Å². The Bertz CT molecular complexity index is 1770. The van der Waals surface area contributed by atoms with Gasteiger partial charge < -0.3 is 26.4 Å². The fourth-order valence-electron chi connectivity index (χ4n) is 6.61. The van der Waals surface area contributed by atoms with Gasteiger partial charge in [0.15, 0.2) is 0 Å². The second-order valence-electron chi connectivity index (χ2n) is 12.2. The summed E-state index contributed by atoms with van der Waals surface area (Å²) < 4.78 is 0. The second-order valence-corrected chi connectivity index (χ2v) is 12.2. The lowest BCUT2D eigenvalue weighted by atomic mass is 9.82. The van der Waals surface area contributed by atoms with E-state index in [1.807, 2.05) is 126 Å². The standard InChI is InChI=1S/C40H42N6O2/c1-28(35-22-14-26-46(35)40(48)32(41)27-29-15-4-2-5-16-29)44-33-20-9-8-19-31(33)38(45-36-23-11-13-25-43-36)37(34-21-10-12-24-42-34)39(47)30-17-6-3-7-18-30/h2-13,15-21,23-25,32,35,37-39,44,47H,1,14,22,26-27,41H2,(H,43,45)/t32?,35?,37-,38+,39?/m0/s1. The topological polar surface area (TPSA) is 116 Å². The number of carbonyl (C=O) groups is 1. The number of amides is 1. The quantitative estimate of drug-likeness (QED) is 0.114. The number of benzene rings is 3. The number of pyridine rings is 2. The second kappa shape index (κ2) is 15.5. The Hall–Kier alpha value is -5.31. The molecule has 1 aliphatic heterocycles. The lowest BCUT2D eigenvalue weighted by molar-refractivity contribution is -0.132. The number of hydrogen-bond donors (Lipinski definition) is 4. The minimum Gasteiger partial charge on any atom is -0.388 e. The van der Waals surface area contributed by atoms with Gasteiger partial charge in [-0.05, 0) is 66.3 Å². The van der Waals surface area contributed by atoms with E-state index in [1.165, 1.54) is 0 Å². The van der Waals surface area contributed by atoms with Crippen LogP contribution in [-0.4, -0.2) is 44.5 Å². The number of para-hydroxylation sites is 1. The molecular weight excluding hydrogens is 596 g/mol. The molecule has 48 heavy (non-hydrogen) atoms. The van der Waals surface area contributed by atoms with Gasteiger partial charge in [0.2, 0.25) is 5.91 Å². The zero-order valence-corrected chi connectivity index (χ0v) is 26.9. The molecule has 3 aromatic carbocycles. The number of aliphatic hydroxyl groups excluding tert-OH is 1. The molecule has 0 spiro atoms. The van der Waals surface area contributed by atoms with Crippen LogP contribution in [0.1, 0.15) is 53.3 Å². The molecule has 8 nitrogen and oxygen atoms in total. The SMILES string of the molecule is C=C(Nc1ccccc1[C@@H](Nc1ccccn1)[C@H](c1ccccn1)C(O)c1ccccc1)C1CCCN1C(=O)C(N)Cc1ccccc1. The molecule has 2 aromatic heterocycles. The summed E-state index contributed by atoms with van der Waals surface area (Å²) in [5.41, 5.74) is 11.4. The van der Waals surface area contributed by atoms with Crippen LogP contribution in [0.4, 0.5) is 11.5 Å². The van der Waals surface area contributed by atoms with Crippen molar-refractivity contribution in [1.82, 2.24) is 14.9 Å². The van der Waals surface area contributed by atoms with Gasteiger partial charge in [0.25, 0.3) is 0 Å². The predicted molar refractivity (Wildman–Crippen MR) is 191 cm³/mol. The zero-order valence-electron chi connectivity index (χ0n) is 26.9. The van der Waals surface area contributed by atoms with E-state index >= 15 is 0 Å². The van der Waals surface area contributed by atoms with Gasteiger partial charge in [-0.2, -0.15) is 0 Å². The molecule has 8 heteroatoms. The van der Waals surface area contributed by atoms with Gasteiger partial charge in [-0.15, -0.1) is 0 Å². The van der Waals surface area contributed by atoms with Crippen molar-refractivity contribution in [3.05, 3.63) is 168 Å². The van der Waals surface area contributed by atoms with Gasteiger partial charge in [-0.3, -0.25) is 9.78 Å². The normalized spacial score (nSPS) is 16.8. The smallest absolute Gasteiger partial charge is 0.240 e. The molecule has 0 bridgehead atoms. The maximum Gasteiger partial charge on any atom is 0.240 e. The first-order chi connectivity index (χ1) is 23.5. The summed E-state index contributed by atoms with van der Waals surface area (Å²) in [6.45, 7) is 5.07. The van der Waals surface area contributed by atoms with E-state index < -0.39 is 24.1 Å². The number of aromatic nitrogens is 2. The van der Waals surface area contributed by atoms with E-state index in [4.69, 9.17) is 10.7 Å². The maximum atomic E-state index is 13.6. The molecule has 5 N–H and O–H groups in total. The number of carbonyl (C=O) groups excluding carboxylic acids is 1. The van der Waals surface area contributed by atoms with E-state index in [1.54, 1.807) is 12.4 Å². The van der Waals surface area contributed by atoms with Gasteiger partial charge in [0.05, 0.1) is 30.1 Å². The molecule has 244 valence electrons. The Balaban J connectivity index is 1.32. The maximum absolute atomic E-state index is 13.6. The van der Waals surface area contributed by atoms with Crippen LogP contribution in [0.15, 0.2) is 146 Å². The van der Waals surface area contributed by atoms with Crippen molar-refractivity contribution >= 4 is 17.4 Å². The number of aliphatic hydroxyl groups is 1. The van der Waals surface area contributed by atoms with Gasteiger partial charge in [0.1, 0.15) is 5.82 Å². The van der Waals surface area contributed by atoms with Gasteiger partial charge in [-0.25, -0.2) is 4.98 Å². The van der Waals surface area contributed by atoms with Crippen molar-refractivity contribution in [3.8, 4) is 0 Å². The first kappa shape index (κ1) is 32.6. The molecular formula is C40H42N6O2. The van der Waals surface area contributed by atoms with Crippen molar-refractivity contribution in [2.75, 3.05) is 17.2 Å². The van der Waals surface area contributed by atoms with Gasteiger partial charge in [0, 0.05) is 36.0 Å². The average Bonchev–Trinajstić information content (AvgIpc) is 3.63. The third-order valence-corrected chi connectivity index (χ3v) is 8.98. The van der Waals surface area contributed by atoms with Crippen molar-refractivity contribution < 1.29 is 9.90 Å². The Morgan fingerprint density at radius 1 is 0.875 bits per heavy atom. The summed E-state index contributed by atoms with van der Waals surface area (Å²) in [6.07, 6.45) is 4.72. The van der Waals surface area contributed by atoms with Crippen molar-refractivity contribution in [1.29, 1.82) is 0 Å². The molecule has 6 rings (SSSR count). The van der Waals surface area contributed by atoms with E-state index in [-0.39, 0.29) is 11.9 Å². The highest BCUT2D eigenvalue weighted by Crippen LogP contribution is 2.44. The summed E-state index contributed by atoms with van der Waals surface area (Å²) in [7, 11) is 0. The third-order valence-electron chi connectivity index (χ3n) is 8.98. The molecule has 0 aliphatic carbocycles. The van der Waals surface area contributed by atoms with Crippen LogP contribution in [0.5, 0.6) is 0 Å². The molecule has 0 radical (unpaired) electrons. The molecule has 1 fully saturated rings. The summed E-state index contributed by atoms with van der Waals surface area (Å²) in [5, 5.41) is 19.3. The fraction of sp³-hybridized carbons (Fsp3) is 0.225.